The zero-order valence-corrected chi connectivity index (χ0v) is 22.0. The third kappa shape index (κ3) is 4.03. The number of hydrogen-bond donors (Lipinski definition) is 0. The summed E-state index contributed by atoms with van der Waals surface area (Å²) in [5, 5.41) is 4.74. The lowest BCUT2D eigenvalue weighted by molar-refractivity contribution is 1.07. The van der Waals surface area contributed by atoms with Crippen LogP contribution in [0.25, 0.3) is 72.4 Å². The minimum atomic E-state index is 0.793. The Kier molecular flexibility index (Phi) is 5.38. The minimum absolute atomic E-state index is 0.793. The molecule has 0 saturated heterocycles. The molecule has 8 aromatic rings. The summed E-state index contributed by atoms with van der Waals surface area (Å²) in [4.78, 5) is 19.4. The van der Waals surface area contributed by atoms with Gasteiger partial charge < -0.3 is 0 Å². The van der Waals surface area contributed by atoms with Crippen molar-refractivity contribution in [2.24, 2.45) is 0 Å². The van der Waals surface area contributed by atoms with Gasteiger partial charge in [0.05, 0.1) is 45.7 Å². The second-order valence-electron chi connectivity index (χ2n) is 10.0. The maximum Gasteiger partial charge on any atom is 0.138 e. The van der Waals surface area contributed by atoms with E-state index < -0.39 is 0 Å². The fourth-order valence-electron chi connectivity index (χ4n) is 5.56. The molecule has 0 aliphatic carbocycles. The van der Waals surface area contributed by atoms with E-state index in [2.05, 4.69) is 82.3 Å². The normalized spacial score (nSPS) is 11.4. The lowest BCUT2D eigenvalue weighted by Gasteiger charge is -2.10. The molecule has 5 aromatic heterocycles. The number of para-hydroxylation sites is 1. The zero-order chi connectivity index (χ0) is 27.2. The molecule has 0 unspecified atom stereocenters. The van der Waals surface area contributed by atoms with E-state index in [9.17, 15) is 0 Å². The van der Waals surface area contributed by atoms with E-state index in [1.54, 1.807) is 0 Å². The van der Waals surface area contributed by atoms with Gasteiger partial charge in [-0.25, -0.2) is 15.0 Å². The first-order valence-electron chi connectivity index (χ1n) is 13.6. The average molecular weight is 526 g/mol. The molecule has 0 amide bonds. The second-order valence-corrected chi connectivity index (χ2v) is 10.0. The number of fused-ring (bicyclic) bond motifs is 4. The molecule has 41 heavy (non-hydrogen) atoms. The maximum atomic E-state index is 5.07. The number of benzene rings is 3. The minimum Gasteiger partial charge on any atom is -0.292 e. The first-order valence-corrected chi connectivity index (χ1v) is 13.6. The summed E-state index contributed by atoms with van der Waals surface area (Å²) < 4.78 is 2.17. The van der Waals surface area contributed by atoms with Crippen molar-refractivity contribution in [1.82, 2.24) is 24.5 Å². The van der Waals surface area contributed by atoms with Crippen LogP contribution in [-0.4, -0.2) is 24.5 Å². The van der Waals surface area contributed by atoms with E-state index in [-0.39, 0.29) is 0 Å². The van der Waals surface area contributed by atoms with Crippen molar-refractivity contribution in [3.63, 3.8) is 0 Å². The second kappa shape index (κ2) is 9.50. The molecule has 5 heteroatoms. The van der Waals surface area contributed by atoms with Gasteiger partial charge in [0.25, 0.3) is 0 Å². The lowest BCUT2D eigenvalue weighted by atomic mass is 10.0. The van der Waals surface area contributed by atoms with Crippen LogP contribution >= 0.6 is 0 Å². The van der Waals surface area contributed by atoms with Gasteiger partial charge in [0.1, 0.15) is 5.82 Å². The highest BCUT2D eigenvalue weighted by molar-refractivity contribution is 6.08. The SMILES string of the molecule is c1cc(-c2ccc3ccccc3c2)nc(-c2cccc(-c3cccc(-n4c5ccccc5c5ccncc54)n3)n2)c1. The molecular weight excluding hydrogens is 502 g/mol. The largest absolute Gasteiger partial charge is 0.292 e. The van der Waals surface area contributed by atoms with Crippen LogP contribution in [0.5, 0.6) is 0 Å². The number of pyridine rings is 4. The predicted molar refractivity (Wildman–Crippen MR) is 166 cm³/mol. The van der Waals surface area contributed by atoms with Crippen LogP contribution in [-0.2, 0) is 0 Å². The van der Waals surface area contributed by atoms with Crippen molar-refractivity contribution in [3.05, 3.63) is 140 Å². The van der Waals surface area contributed by atoms with Gasteiger partial charge in [0.15, 0.2) is 0 Å². The fraction of sp³-hybridized carbons (Fsp3) is 0. The summed E-state index contributed by atoms with van der Waals surface area (Å²) in [6.07, 6.45) is 3.73. The number of nitrogens with zero attached hydrogens (tertiary/aromatic N) is 5. The maximum absolute atomic E-state index is 5.07. The fourth-order valence-corrected chi connectivity index (χ4v) is 5.56. The Labute approximate surface area is 236 Å². The molecule has 8 rings (SSSR count). The zero-order valence-electron chi connectivity index (χ0n) is 22.0. The van der Waals surface area contributed by atoms with Crippen LogP contribution in [0.15, 0.2) is 140 Å². The van der Waals surface area contributed by atoms with E-state index in [1.807, 2.05) is 67.0 Å². The molecule has 0 atom stereocenters. The Morgan fingerprint density at radius 3 is 1.90 bits per heavy atom. The van der Waals surface area contributed by atoms with Crippen molar-refractivity contribution < 1.29 is 0 Å². The Balaban J connectivity index is 1.19. The summed E-state index contributed by atoms with van der Waals surface area (Å²) in [6, 6.07) is 43.4. The van der Waals surface area contributed by atoms with Gasteiger partial charge in [-0.15, -0.1) is 0 Å². The third-order valence-corrected chi connectivity index (χ3v) is 7.51. The van der Waals surface area contributed by atoms with Crippen molar-refractivity contribution in [2.45, 2.75) is 0 Å². The molecule has 0 N–H and O–H groups in total. The predicted octanol–water partition coefficient (Wildman–Crippen LogP) is 8.52. The Hall–Kier alpha value is -5.68. The summed E-state index contributed by atoms with van der Waals surface area (Å²) in [5.41, 5.74) is 7.33. The van der Waals surface area contributed by atoms with Crippen molar-refractivity contribution in [2.75, 3.05) is 0 Å². The van der Waals surface area contributed by atoms with E-state index in [4.69, 9.17) is 15.0 Å². The topological polar surface area (TPSA) is 56.5 Å². The Bertz CT molecular complexity index is 2180. The molecule has 0 radical (unpaired) electrons. The van der Waals surface area contributed by atoms with Crippen LogP contribution in [0.3, 0.4) is 0 Å². The first kappa shape index (κ1) is 23.2. The van der Waals surface area contributed by atoms with Gasteiger partial charge >= 0.3 is 0 Å². The molecule has 5 nitrogen and oxygen atoms in total. The third-order valence-electron chi connectivity index (χ3n) is 7.51. The lowest BCUT2D eigenvalue weighted by Crippen LogP contribution is -1.99. The molecule has 192 valence electrons. The van der Waals surface area contributed by atoms with Crippen molar-refractivity contribution in [3.8, 4) is 39.9 Å². The van der Waals surface area contributed by atoms with Crippen molar-refractivity contribution in [1.29, 1.82) is 0 Å². The van der Waals surface area contributed by atoms with E-state index in [1.165, 1.54) is 16.2 Å². The number of aromatic nitrogens is 5. The van der Waals surface area contributed by atoms with E-state index in [0.29, 0.717) is 0 Å². The van der Waals surface area contributed by atoms with Crippen LogP contribution in [0.2, 0.25) is 0 Å². The molecule has 5 heterocycles. The molecule has 0 saturated carbocycles. The number of hydrogen-bond acceptors (Lipinski definition) is 4. The van der Waals surface area contributed by atoms with Gasteiger partial charge in [0, 0.05) is 22.5 Å². The Morgan fingerprint density at radius 1 is 0.439 bits per heavy atom. The van der Waals surface area contributed by atoms with Gasteiger partial charge in [-0.2, -0.15) is 0 Å². The van der Waals surface area contributed by atoms with Gasteiger partial charge in [0.2, 0.25) is 0 Å². The summed E-state index contributed by atoms with van der Waals surface area (Å²) >= 11 is 0. The van der Waals surface area contributed by atoms with Crippen LogP contribution in [0.1, 0.15) is 0 Å². The molecule has 0 bridgehead atoms. The Morgan fingerprint density at radius 2 is 1.07 bits per heavy atom. The average Bonchev–Trinajstić information content (AvgIpc) is 3.39. The smallest absolute Gasteiger partial charge is 0.138 e. The molecular formula is C36H23N5. The van der Waals surface area contributed by atoms with Gasteiger partial charge in [-0.05, 0) is 65.4 Å². The van der Waals surface area contributed by atoms with Gasteiger partial charge in [-0.3, -0.25) is 9.55 Å². The van der Waals surface area contributed by atoms with Crippen LogP contribution in [0, 0.1) is 0 Å². The van der Waals surface area contributed by atoms with Gasteiger partial charge in [-0.1, -0.05) is 72.8 Å². The monoisotopic (exact) mass is 525 g/mol. The van der Waals surface area contributed by atoms with Crippen LogP contribution in [0.4, 0.5) is 0 Å². The highest BCUT2D eigenvalue weighted by atomic mass is 15.1. The van der Waals surface area contributed by atoms with Crippen molar-refractivity contribution >= 4 is 32.6 Å². The van der Waals surface area contributed by atoms with E-state index >= 15 is 0 Å². The molecule has 0 aliphatic heterocycles. The quantitative estimate of drug-likeness (QED) is 0.231. The molecule has 0 fully saturated rings. The van der Waals surface area contributed by atoms with Crippen LogP contribution < -0.4 is 0 Å². The first-order chi connectivity index (χ1) is 20.3. The molecule has 0 spiro atoms. The summed E-state index contributed by atoms with van der Waals surface area (Å²) in [7, 11) is 0. The van der Waals surface area contributed by atoms with E-state index in [0.717, 1.165) is 56.3 Å². The molecule has 0 aliphatic rings. The molecule has 3 aromatic carbocycles. The standard InChI is InChI=1S/C36H23N5/c1-2-9-25-22-26(19-18-24(25)8-1)29-11-5-12-30(38-29)31-13-6-14-32(39-31)33-15-7-17-36(40-33)41-34-16-4-3-10-27(34)28-20-21-37-23-35(28)41/h1-23H. The summed E-state index contributed by atoms with van der Waals surface area (Å²) in [6.45, 7) is 0. The number of rotatable bonds is 4. The highest BCUT2D eigenvalue weighted by Crippen LogP contribution is 2.32. The summed E-state index contributed by atoms with van der Waals surface area (Å²) in [5.74, 6) is 0.824. The highest BCUT2D eigenvalue weighted by Gasteiger charge is 2.14.